The average Bonchev–Trinajstić information content (AvgIpc) is 2.88. The fraction of sp³-hybridized carbons (Fsp3) is 0.714. The van der Waals surface area contributed by atoms with Crippen LogP contribution in [0, 0.1) is 0 Å². The molecule has 0 aromatic rings. The third kappa shape index (κ3) is 8.05. The number of hydrogen-bond donors (Lipinski definition) is 10. The van der Waals surface area contributed by atoms with E-state index in [1.807, 2.05) is 5.43 Å². The number of aliphatic hydroxyl groups excluding tert-OH is 5. The van der Waals surface area contributed by atoms with E-state index >= 15 is 0 Å². The standard InChI is InChI=1S/C21H35N5O12/c1-8-14(31)18(38-21-13(23-9(2)28)16(33)15(32)10(7-27)37-21)17(34)19(36-8)20(35)26-25-12(30)6-4-3-5-11(29)24-22/h10,13-19,21,27,31-34H,1,3-7,22H2,2H3,(H,23,28)(H,24,29)(H,25,30)(H,26,35). The summed E-state index contributed by atoms with van der Waals surface area (Å²) in [7, 11) is 0. The molecule has 2 aliphatic heterocycles. The zero-order valence-corrected chi connectivity index (χ0v) is 20.6. The lowest BCUT2D eigenvalue weighted by Crippen LogP contribution is -2.67. The molecule has 0 aliphatic carbocycles. The van der Waals surface area contributed by atoms with Gasteiger partial charge in [0.2, 0.25) is 23.8 Å². The predicted molar refractivity (Wildman–Crippen MR) is 123 cm³/mol. The largest absolute Gasteiger partial charge is 0.480 e. The zero-order valence-electron chi connectivity index (χ0n) is 20.6. The first-order chi connectivity index (χ1) is 17.9. The summed E-state index contributed by atoms with van der Waals surface area (Å²) in [6, 6.07) is -1.39. The summed E-state index contributed by atoms with van der Waals surface area (Å²) in [5.41, 5.74) is 6.16. The lowest BCUT2D eigenvalue weighted by Gasteiger charge is -2.45. The Labute approximate surface area is 217 Å². The van der Waals surface area contributed by atoms with Crippen molar-refractivity contribution >= 4 is 23.6 Å². The van der Waals surface area contributed by atoms with Gasteiger partial charge >= 0.3 is 0 Å². The molecule has 2 heterocycles. The minimum Gasteiger partial charge on any atom is -0.480 e. The Kier molecular flexibility index (Phi) is 11.8. The van der Waals surface area contributed by atoms with Gasteiger partial charge in [-0.25, -0.2) is 5.84 Å². The van der Waals surface area contributed by atoms with Crippen LogP contribution in [0.3, 0.4) is 0 Å². The molecule has 2 fully saturated rings. The van der Waals surface area contributed by atoms with Gasteiger partial charge in [0.25, 0.3) is 5.91 Å². The highest BCUT2D eigenvalue weighted by Gasteiger charge is 2.51. The topological polar surface area (TPSA) is 271 Å². The molecule has 0 aromatic carbocycles. The number of carbonyl (C=O) groups excluding carboxylic acids is 4. The summed E-state index contributed by atoms with van der Waals surface area (Å²) >= 11 is 0. The van der Waals surface area contributed by atoms with E-state index in [1.54, 1.807) is 0 Å². The summed E-state index contributed by atoms with van der Waals surface area (Å²) in [5, 5.41) is 53.6. The molecule has 0 bridgehead atoms. The van der Waals surface area contributed by atoms with E-state index < -0.39 is 79.4 Å². The second-order valence-electron chi connectivity index (χ2n) is 8.79. The van der Waals surface area contributed by atoms with E-state index in [9.17, 15) is 44.7 Å². The second-order valence-corrected chi connectivity index (χ2v) is 8.79. The van der Waals surface area contributed by atoms with Gasteiger partial charge in [-0.15, -0.1) is 0 Å². The van der Waals surface area contributed by atoms with Crippen molar-refractivity contribution in [2.45, 2.75) is 87.7 Å². The Morgan fingerprint density at radius 2 is 1.63 bits per heavy atom. The molecular formula is C21H35N5O12. The summed E-state index contributed by atoms with van der Waals surface area (Å²) in [6.07, 6.45) is -12.4. The van der Waals surface area contributed by atoms with Crippen LogP contribution in [0.25, 0.3) is 0 Å². The van der Waals surface area contributed by atoms with Gasteiger partial charge in [-0.2, -0.15) is 0 Å². The lowest BCUT2D eigenvalue weighted by molar-refractivity contribution is -0.305. The molecule has 17 heteroatoms. The van der Waals surface area contributed by atoms with Crippen molar-refractivity contribution in [3.05, 3.63) is 12.3 Å². The minimum atomic E-state index is -1.87. The summed E-state index contributed by atoms with van der Waals surface area (Å²) in [4.78, 5) is 47.3. The molecule has 0 aromatic heterocycles. The maximum absolute atomic E-state index is 12.6. The number of nitrogens with two attached hydrogens (primary N) is 1. The van der Waals surface area contributed by atoms with Crippen LogP contribution < -0.4 is 27.4 Å². The Morgan fingerprint density at radius 3 is 2.21 bits per heavy atom. The van der Waals surface area contributed by atoms with Gasteiger partial charge in [0.1, 0.15) is 48.4 Å². The van der Waals surface area contributed by atoms with Crippen LogP contribution in [-0.4, -0.2) is 111 Å². The van der Waals surface area contributed by atoms with Crippen molar-refractivity contribution in [2.75, 3.05) is 6.61 Å². The smallest absolute Gasteiger partial charge is 0.282 e. The highest BCUT2D eigenvalue weighted by atomic mass is 16.7. The maximum Gasteiger partial charge on any atom is 0.282 e. The molecule has 2 saturated heterocycles. The molecule has 2 aliphatic rings. The van der Waals surface area contributed by atoms with Crippen LogP contribution in [0.5, 0.6) is 0 Å². The highest BCUT2D eigenvalue weighted by Crippen LogP contribution is 2.30. The first-order valence-corrected chi connectivity index (χ1v) is 11.8. The first-order valence-electron chi connectivity index (χ1n) is 11.8. The van der Waals surface area contributed by atoms with Crippen molar-refractivity contribution in [3.8, 4) is 0 Å². The van der Waals surface area contributed by atoms with Gasteiger partial charge in [-0.05, 0) is 12.8 Å². The van der Waals surface area contributed by atoms with E-state index in [0.717, 1.165) is 6.92 Å². The summed E-state index contributed by atoms with van der Waals surface area (Å²) < 4.78 is 16.3. The van der Waals surface area contributed by atoms with Crippen molar-refractivity contribution < 1.29 is 58.9 Å². The molecule has 2 rings (SSSR count). The lowest BCUT2D eigenvalue weighted by atomic mass is 9.95. The molecule has 38 heavy (non-hydrogen) atoms. The van der Waals surface area contributed by atoms with Crippen LogP contribution in [0.4, 0.5) is 0 Å². The number of hydrogen-bond acceptors (Lipinski definition) is 13. The van der Waals surface area contributed by atoms with Gasteiger partial charge in [0.05, 0.1) is 6.61 Å². The number of hydrazine groups is 2. The fourth-order valence-electron chi connectivity index (χ4n) is 3.86. The van der Waals surface area contributed by atoms with Crippen molar-refractivity contribution in [3.63, 3.8) is 0 Å². The molecule has 216 valence electrons. The van der Waals surface area contributed by atoms with Gasteiger partial charge in [0.15, 0.2) is 6.29 Å². The second kappa shape index (κ2) is 14.3. The van der Waals surface area contributed by atoms with Crippen LogP contribution in [0.1, 0.15) is 32.6 Å². The monoisotopic (exact) mass is 549 g/mol. The van der Waals surface area contributed by atoms with Crippen molar-refractivity contribution in [1.29, 1.82) is 0 Å². The van der Waals surface area contributed by atoms with Gasteiger partial charge in [-0.3, -0.25) is 35.5 Å². The van der Waals surface area contributed by atoms with Gasteiger partial charge < -0.3 is 45.1 Å². The first kappa shape index (κ1) is 31.3. The number of ether oxygens (including phenoxy) is 3. The minimum absolute atomic E-state index is 0.0346. The quantitative estimate of drug-likeness (QED) is 0.0528. The third-order valence-electron chi connectivity index (χ3n) is 5.91. The SMILES string of the molecule is C=C1OC(C(=O)NNC(=O)CCCCC(=O)NN)C(O)C(OC2OC(CO)C(O)C(O)C2NC(C)=O)C1O. The number of nitrogens with one attached hydrogen (secondary N) is 4. The van der Waals surface area contributed by atoms with Crippen molar-refractivity contribution in [1.82, 2.24) is 21.6 Å². The molecule has 0 spiro atoms. The number of unbranched alkanes of at least 4 members (excludes halogenated alkanes) is 1. The zero-order chi connectivity index (χ0) is 28.6. The Hall–Kier alpha value is -2.90. The molecular weight excluding hydrogens is 514 g/mol. The van der Waals surface area contributed by atoms with Crippen LogP contribution >= 0.6 is 0 Å². The molecule has 0 saturated carbocycles. The molecule has 17 nitrogen and oxygen atoms in total. The van der Waals surface area contributed by atoms with E-state index in [1.165, 1.54) is 0 Å². The summed E-state index contributed by atoms with van der Waals surface area (Å²) in [5.74, 6) is 1.94. The van der Waals surface area contributed by atoms with Crippen LogP contribution in [-0.2, 0) is 33.4 Å². The molecule has 9 unspecified atom stereocenters. The Morgan fingerprint density at radius 1 is 1.00 bits per heavy atom. The molecule has 9 atom stereocenters. The normalized spacial score (nSPS) is 33.0. The van der Waals surface area contributed by atoms with Crippen molar-refractivity contribution in [2.24, 2.45) is 5.84 Å². The molecule has 11 N–H and O–H groups in total. The maximum atomic E-state index is 12.6. The Balaban J connectivity index is 2.04. The van der Waals surface area contributed by atoms with Crippen LogP contribution in [0.2, 0.25) is 0 Å². The average molecular weight is 550 g/mol. The van der Waals surface area contributed by atoms with E-state index in [0.29, 0.717) is 12.8 Å². The predicted octanol–water partition coefficient (Wildman–Crippen LogP) is -5.35. The van der Waals surface area contributed by atoms with E-state index in [4.69, 9.17) is 20.1 Å². The third-order valence-corrected chi connectivity index (χ3v) is 5.91. The molecule has 4 amide bonds. The number of amides is 4. The van der Waals surface area contributed by atoms with Gasteiger partial charge in [0, 0.05) is 19.8 Å². The highest BCUT2D eigenvalue weighted by molar-refractivity contribution is 5.85. The van der Waals surface area contributed by atoms with Crippen LogP contribution in [0.15, 0.2) is 12.3 Å². The number of rotatable bonds is 10. The number of aliphatic hydroxyl groups is 5. The summed E-state index contributed by atoms with van der Waals surface area (Å²) in [6.45, 7) is 3.88. The van der Waals surface area contributed by atoms with E-state index in [2.05, 4.69) is 22.7 Å². The molecule has 0 radical (unpaired) electrons. The Bertz CT molecular complexity index is 876. The van der Waals surface area contributed by atoms with E-state index in [-0.39, 0.29) is 24.5 Å². The number of carbonyl (C=O) groups is 4. The van der Waals surface area contributed by atoms with Gasteiger partial charge in [-0.1, -0.05) is 6.58 Å². The fourth-order valence-corrected chi connectivity index (χ4v) is 3.86.